The fraction of sp³-hybridized carbons (Fsp3) is 0.286. The van der Waals surface area contributed by atoms with Crippen molar-refractivity contribution in [3.8, 4) is 0 Å². The highest BCUT2D eigenvalue weighted by molar-refractivity contribution is 5.85. The van der Waals surface area contributed by atoms with Crippen LogP contribution in [0.25, 0.3) is 6.08 Å². The van der Waals surface area contributed by atoms with Crippen molar-refractivity contribution >= 4 is 24.7 Å². The van der Waals surface area contributed by atoms with Crippen LogP contribution in [-0.4, -0.2) is 12.8 Å². The number of hydrogen-bond acceptors (Lipinski definition) is 1. The van der Waals surface area contributed by atoms with E-state index in [-0.39, 0.29) is 17.8 Å². The summed E-state index contributed by atoms with van der Waals surface area (Å²) >= 11 is 0. The topological polar surface area (TPSA) is 12.4 Å². The Labute approximate surface area is 145 Å². The fourth-order valence-electron chi connectivity index (χ4n) is 3.39. The first-order valence-corrected chi connectivity index (χ1v) is 8.16. The SMILES string of the molecule is C(/C=C/c1ccccc1)=NCC1(c2ccccc2)CCCC1.Cl. The number of benzene rings is 2. The van der Waals surface area contributed by atoms with Crippen LogP contribution in [0.1, 0.15) is 36.8 Å². The van der Waals surface area contributed by atoms with Crippen molar-refractivity contribution in [2.24, 2.45) is 4.99 Å². The maximum atomic E-state index is 4.71. The Hall–Kier alpha value is -1.86. The molecular weight excluding hydrogens is 302 g/mol. The van der Waals surface area contributed by atoms with Gasteiger partial charge in [0.1, 0.15) is 0 Å². The minimum Gasteiger partial charge on any atom is -0.292 e. The average Bonchev–Trinajstić information content (AvgIpc) is 3.06. The molecule has 0 saturated heterocycles. The van der Waals surface area contributed by atoms with Gasteiger partial charge in [-0.1, -0.05) is 79.6 Å². The summed E-state index contributed by atoms with van der Waals surface area (Å²) in [6.45, 7) is 0.899. The molecule has 0 heterocycles. The number of allylic oxidation sites excluding steroid dienone is 1. The van der Waals surface area contributed by atoms with Gasteiger partial charge >= 0.3 is 0 Å². The molecule has 0 aliphatic heterocycles. The quantitative estimate of drug-likeness (QED) is 0.625. The lowest BCUT2D eigenvalue weighted by molar-refractivity contribution is 0.455. The van der Waals surface area contributed by atoms with E-state index in [4.69, 9.17) is 4.99 Å². The second kappa shape index (κ2) is 8.69. The molecule has 2 aromatic rings. The van der Waals surface area contributed by atoms with Crippen LogP contribution in [0, 0.1) is 0 Å². The molecule has 1 aliphatic carbocycles. The smallest absolute Gasteiger partial charge is 0.0486 e. The highest BCUT2D eigenvalue weighted by atomic mass is 35.5. The van der Waals surface area contributed by atoms with Gasteiger partial charge in [0, 0.05) is 18.2 Å². The fourth-order valence-corrected chi connectivity index (χ4v) is 3.39. The van der Waals surface area contributed by atoms with Gasteiger partial charge in [0.15, 0.2) is 0 Å². The van der Waals surface area contributed by atoms with Crippen LogP contribution < -0.4 is 0 Å². The zero-order valence-corrected chi connectivity index (χ0v) is 14.2. The summed E-state index contributed by atoms with van der Waals surface area (Å²) in [5.74, 6) is 0. The van der Waals surface area contributed by atoms with E-state index in [1.54, 1.807) is 0 Å². The van der Waals surface area contributed by atoms with Gasteiger partial charge in [0.25, 0.3) is 0 Å². The minimum absolute atomic E-state index is 0. The van der Waals surface area contributed by atoms with Crippen molar-refractivity contribution in [1.29, 1.82) is 0 Å². The summed E-state index contributed by atoms with van der Waals surface area (Å²) < 4.78 is 0. The molecule has 2 heteroatoms. The number of halogens is 1. The van der Waals surface area contributed by atoms with Gasteiger partial charge in [-0.15, -0.1) is 12.4 Å². The average molecular weight is 326 g/mol. The van der Waals surface area contributed by atoms with Crippen LogP contribution in [0.5, 0.6) is 0 Å². The summed E-state index contributed by atoms with van der Waals surface area (Å²) in [4.78, 5) is 4.71. The molecule has 0 amide bonds. The third-order valence-electron chi connectivity index (χ3n) is 4.62. The summed E-state index contributed by atoms with van der Waals surface area (Å²) in [5, 5.41) is 0. The Kier molecular flexibility index (Phi) is 6.61. The van der Waals surface area contributed by atoms with E-state index in [1.807, 2.05) is 18.4 Å². The van der Waals surface area contributed by atoms with Crippen molar-refractivity contribution in [3.63, 3.8) is 0 Å². The van der Waals surface area contributed by atoms with Crippen LogP contribution >= 0.6 is 12.4 Å². The molecule has 0 aromatic heterocycles. The molecule has 120 valence electrons. The zero-order valence-electron chi connectivity index (χ0n) is 13.4. The molecule has 0 atom stereocenters. The van der Waals surface area contributed by atoms with Gasteiger partial charge in [-0.2, -0.15) is 0 Å². The molecule has 0 N–H and O–H groups in total. The maximum Gasteiger partial charge on any atom is 0.0486 e. The van der Waals surface area contributed by atoms with Gasteiger partial charge < -0.3 is 0 Å². The molecule has 0 radical (unpaired) electrons. The Balaban J connectivity index is 0.00000192. The second-order valence-corrected chi connectivity index (χ2v) is 6.11. The standard InChI is InChI=1S/C21H23N.ClH/c1-3-10-19(11-4-1)12-9-17-22-18-21(15-7-8-16-21)20-13-5-2-6-14-20;/h1-6,9-14,17H,7-8,15-16,18H2;1H/b12-9+,22-17?;. The lowest BCUT2D eigenvalue weighted by atomic mass is 9.79. The summed E-state index contributed by atoms with van der Waals surface area (Å²) in [7, 11) is 0. The summed E-state index contributed by atoms with van der Waals surface area (Å²) in [6.07, 6.45) is 11.3. The van der Waals surface area contributed by atoms with Crippen molar-refractivity contribution in [3.05, 3.63) is 77.9 Å². The molecule has 3 rings (SSSR count). The Morgan fingerprint density at radius 1 is 0.870 bits per heavy atom. The molecule has 23 heavy (non-hydrogen) atoms. The second-order valence-electron chi connectivity index (χ2n) is 6.11. The molecule has 2 aromatic carbocycles. The van der Waals surface area contributed by atoms with Crippen LogP contribution in [0.3, 0.4) is 0 Å². The van der Waals surface area contributed by atoms with Gasteiger partial charge in [-0.25, -0.2) is 0 Å². The number of aliphatic imine (C=N–C) groups is 1. The van der Waals surface area contributed by atoms with Gasteiger partial charge in [-0.3, -0.25) is 4.99 Å². The molecule has 0 unspecified atom stereocenters. The highest BCUT2D eigenvalue weighted by Gasteiger charge is 2.34. The lowest BCUT2D eigenvalue weighted by Crippen LogP contribution is -2.25. The third-order valence-corrected chi connectivity index (χ3v) is 4.62. The molecule has 1 saturated carbocycles. The highest BCUT2D eigenvalue weighted by Crippen LogP contribution is 2.41. The van der Waals surface area contributed by atoms with E-state index in [9.17, 15) is 0 Å². The van der Waals surface area contributed by atoms with Gasteiger partial charge in [0.2, 0.25) is 0 Å². The molecule has 1 aliphatic rings. The monoisotopic (exact) mass is 325 g/mol. The van der Waals surface area contributed by atoms with E-state index in [1.165, 1.54) is 36.8 Å². The van der Waals surface area contributed by atoms with Crippen molar-refractivity contribution in [1.82, 2.24) is 0 Å². The predicted molar refractivity (Wildman–Crippen MR) is 103 cm³/mol. The van der Waals surface area contributed by atoms with Crippen LogP contribution in [-0.2, 0) is 5.41 Å². The predicted octanol–water partition coefficient (Wildman–Crippen LogP) is 5.70. The molecule has 0 bridgehead atoms. The third kappa shape index (κ3) is 4.56. The van der Waals surface area contributed by atoms with E-state index in [0.717, 1.165) is 6.54 Å². The molecule has 1 nitrogen and oxygen atoms in total. The molecule has 0 spiro atoms. The van der Waals surface area contributed by atoms with Gasteiger partial charge in [-0.05, 0) is 30.0 Å². The van der Waals surface area contributed by atoms with Gasteiger partial charge in [0.05, 0.1) is 0 Å². The molecular formula is C21H24ClN. The van der Waals surface area contributed by atoms with Crippen LogP contribution in [0.4, 0.5) is 0 Å². The number of rotatable bonds is 5. The van der Waals surface area contributed by atoms with E-state index in [0.29, 0.717) is 0 Å². The first kappa shape index (κ1) is 17.5. The van der Waals surface area contributed by atoms with E-state index in [2.05, 4.69) is 60.7 Å². The van der Waals surface area contributed by atoms with E-state index >= 15 is 0 Å². The Morgan fingerprint density at radius 3 is 2.13 bits per heavy atom. The van der Waals surface area contributed by atoms with Crippen molar-refractivity contribution in [2.45, 2.75) is 31.1 Å². The Morgan fingerprint density at radius 2 is 1.48 bits per heavy atom. The summed E-state index contributed by atoms with van der Waals surface area (Å²) in [5.41, 5.74) is 2.93. The maximum absolute atomic E-state index is 4.71. The van der Waals surface area contributed by atoms with Crippen LogP contribution in [0.15, 0.2) is 71.7 Å². The number of hydrogen-bond donors (Lipinski definition) is 0. The first-order chi connectivity index (χ1) is 10.9. The largest absolute Gasteiger partial charge is 0.292 e. The summed E-state index contributed by atoms with van der Waals surface area (Å²) in [6, 6.07) is 21.3. The van der Waals surface area contributed by atoms with E-state index < -0.39 is 0 Å². The zero-order chi connectivity index (χ0) is 15.1. The van der Waals surface area contributed by atoms with Crippen LogP contribution in [0.2, 0.25) is 0 Å². The Bertz CT molecular complexity index is 625. The lowest BCUT2D eigenvalue weighted by Gasteiger charge is -2.27. The minimum atomic E-state index is 0. The first-order valence-electron chi connectivity index (χ1n) is 8.16. The normalized spacial score (nSPS) is 16.7. The van der Waals surface area contributed by atoms with Crippen molar-refractivity contribution in [2.75, 3.05) is 6.54 Å². The van der Waals surface area contributed by atoms with Crippen molar-refractivity contribution < 1.29 is 0 Å². The molecule has 1 fully saturated rings. The number of nitrogens with zero attached hydrogens (tertiary/aromatic N) is 1.